The third kappa shape index (κ3) is 6.20. The number of hydrazone groups is 1. The molecule has 3 aromatic rings. The molecule has 1 N–H and O–H groups in total. The lowest BCUT2D eigenvalue weighted by molar-refractivity contribution is 0.0955. The van der Waals surface area contributed by atoms with Gasteiger partial charge in [0.25, 0.3) is 5.91 Å². The van der Waals surface area contributed by atoms with Crippen molar-refractivity contribution >= 4 is 46.3 Å². The van der Waals surface area contributed by atoms with E-state index in [1.54, 1.807) is 43.7 Å². The number of benzene rings is 3. The molecule has 0 aliphatic rings. The van der Waals surface area contributed by atoms with Crippen molar-refractivity contribution in [2.75, 3.05) is 7.11 Å². The van der Waals surface area contributed by atoms with Crippen molar-refractivity contribution in [3.8, 4) is 11.5 Å². The SMILES string of the molecule is COc1cc(/C=N\NC(=O)c2ccc(Cl)cc2)ccc1OCc1ccc(I)cc1. The maximum Gasteiger partial charge on any atom is 0.271 e. The summed E-state index contributed by atoms with van der Waals surface area (Å²) >= 11 is 8.09. The maximum atomic E-state index is 12.1. The van der Waals surface area contributed by atoms with Gasteiger partial charge in [0.15, 0.2) is 11.5 Å². The lowest BCUT2D eigenvalue weighted by Crippen LogP contribution is -2.17. The van der Waals surface area contributed by atoms with Crippen LogP contribution in [0.2, 0.25) is 5.02 Å². The zero-order valence-corrected chi connectivity index (χ0v) is 18.5. The molecule has 0 aliphatic heterocycles. The van der Waals surface area contributed by atoms with Crippen LogP contribution in [-0.2, 0) is 6.61 Å². The molecule has 3 aromatic carbocycles. The minimum Gasteiger partial charge on any atom is -0.493 e. The van der Waals surface area contributed by atoms with Gasteiger partial charge in [-0.05, 0) is 88.3 Å². The summed E-state index contributed by atoms with van der Waals surface area (Å²) in [5.41, 5.74) is 4.80. The van der Waals surface area contributed by atoms with E-state index in [9.17, 15) is 4.79 Å². The summed E-state index contributed by atoms with van der Waals surface area (Å²) < 4.78 is 12.5. The van der Waals surface area contributed by atoms with E-state index in [1.165, 1.54) is 3.57 Å². The molecule has 0 spiro atoms. The highest BCUT2D eigenvalue weighted by atomic mass is 127. The van der Waals surface area contributed by atoms with Gasteiger partial charge in [-0.15, -0.1) is 0 Å². The van der Waals surface area contributed by atoms with E-state index >= 15 is 0 Å². The predicted octanol–water partition coefficient (Wildman–Crippen LogP) is 5.30. The Hall–Kier alpha value is -2.58. The number of hydrogen-bond acceptors (Lipinski definition) is 4. The van der Waals surface area contributed by atoms with Gasteiger partial charge in [-0.2, -0.15) is 5.10 Å². The topological polar surface area (TPSA) is 59.9 Å². The summed E-state index contributed by atoms with van der Waals surface area (Å²) in [4.78, 5) is 12.1. The molecule has 0 heterocycles. The van der Waals surface area contributed by atoms with Crippen molar-refractivity contribution < 1.29 is 14.3 Å². The highest BCUT2D eigenvalue weighted by molar-refractivity contribution is 14.1. The van der Waals surface area contributed by atoms with E-state index < -0.39 is 0 Å². The Bertz CT molecular complexity index is 1010. The first-order valence-electron chi connectivity index (χ1n) is 8.69. The van der Waals surface area contributed by atoms with Crippen molar-refractivity contribution in [3.63, 3.8) is 0 Å². The molecule has 7 heteroatoms. The third-order valence-corrected chi connectivity index (χ3v) is 4.95. The van der Waals surface area contributed by atoms with Crippen molar-refractivity contribution in [2.24, 2.45) is 5.10 Å². The average molecular weight is 521 g/mol. The standard InChI is InChI=1S/C22H18ClIN2O3/c1-28-21-12-16(13-25-26-22(27)17-5-7-18(23)8-6-17)4-11-20(21)29-14-15-2-9-19(24)10-3-15/h2-13H,14H2,1H3,(H,26,27)/b25-13-. The number of nitrogens with zero attached hydrogens (tertiary/aromatic N) is 1. The lowest BCUT2D eigenvalue weighted by Gasteiger charge is -2.11. The number of methoxy groups -OCH3 is 1. The van der Waals surface area contributed by atoms with E-state index in [2.05, 4.69) is 33.1 Å². The van der Waals surface area contributed by atoms with Crippen LogP contribution in [0.25, 0.3) is 0 Å². The van der Waals surface area contributed by atoms with E-state index in [-0.39, 0.29) is 5.91 Å². The number of halogens is 2. The number of carbonyl (C=O) groups excluding carboxylic acids is 1. The second-order valence-corrected chi connectivity index (χ2v) is 7.71. The van der Waals surface area contributed by atoms with Crippen molar-refractivity contribution in [1.29, 1.82) is 0 Å². The largest absolute Gasteiger partial charge is 0.493 e. The van der Waals surface area contributed by atoms with Gasteiger partial charge in [-0.25, -0.2) is 5.43 Å². The first-order valence-corrected chi connectivity index (χ1v) is 10.1. The summed E-state index contributed by atoms with van der Waals surface area (Å²) in [6.45, 7) is 0.442. The van der Waals surface area contributed by atoms with Gasteiger partial charge in [0.1, 0.15) is 6.61 Å². The van der Waals surface area contributed by atoms with Crippen LogP contribution >= 0.6 is 34.2 Å². The van der Waals surface area contributed by atoms with Crippen LogP contribution in [0.3, 0.4) is 0 Å². The van der Waals surface area contributed by atoms with Crippen LogP contribution in [0.5, 0.6) is 11.5 Å². The van der Waals surface area contributed by atoms with Gasteiger partial charge in [0.05, 0.1) is 13.3 Å². The van der Waals surface area contributed by atoms with Crippen LogP contribution in [-0.4, -0.2) is 19.2 Å². The van der Waals surface area contributed by atoms with Crippen molar-refractivity contribution in [3.05, 3.63) is 92.0 Å². The number of rotatable bonds is 7. The maximum absolute atomic E-state index is 12.1. The zero-order chi connectivity index (χ0) is 20.6. The molecule has 0 radical (unpaired) electrons. The Morgan fingerprint density at radius 3 is 2.48 bits per heavy atom. The molecule has 0 atom stereocenters. The molecule has 0 bridgehead atoms. The molecular weight excluding hydrogens is 503 g/mol. The molecule has 29 heavy (non-hydrogen) atoms. The number of nitrogens with one attached hydrogen (secondary N) is 1. The first-order chi connectivity index (χ1) is 14.0. The fourth-order valence-corrected chi connectivity index (χ4v) is 2.94. The Morgan fingerprint density at radius 2 is 1.79 bits per heavy atom. The Kier molecular flexibility index (Phi) is 7.48. The molecule has 0 aromatic heterocycles. The number of amides is 1. The number of ether oxygens (including phenoxy) is 2. The first kappa shape index (κ1) is 21.1. The van der Waals surface area contributed by atoms with E-state index in [0.29, 0.717) is 28.7 Å². The smallest absolute Gasteiger partial charge is 0.271 e. The monoisotopic (exact) mass is 520 g/mol. The Balaban J connectivity index is 1.61. The fourth-order valence-electron chi connectivity index (χ4n) is 2.46. The Morgan fingerprint density at radius 1 is 1.07 bits per heavy atom. The molecule has 3 rings (SSSR count). The van der Waals surface area contributed by atoms with Gasteiger partial charge in [-0.3, -0.25) is 4.79 Å². The van der Waals surface area contributed by atoms with Gasteiger partial charge in [0.2, 0.25) is 0 Å². The lowest BCUT2D eigenvalue weighted by atomic mass is 10.2. The molecule has 0 saturated heterocycles. The molecule has 5 nitrogen and oxygen atoms in total. The summed E-state index contributed by atoms with van der Waals surface area (Å²) in [5, 5.41) is 4.56. The summed E-state index contributed by atoms with van der Waals surface area (Å²) in [7, 11) is 1.58. The molecule has 0 saturated carbocycles. The van der Waals surface area contributed by atoms with Gasteiger partial charge < -0.3 is 9.47 Å². The fraction of sp³-hybridized carbons (Fsp3) is 0.0909. The highest BCUT2D eigenvalue weighted by Gasteiger charge is 2.07. The third-order valence-electron chi connectivity index (χ3n) is 3.98. The molecule has 148 valence electrons. The van der Waals surface area contributed by atoms with Gasteiger partial charge in [-0.1, -0.05) is 23.7 Å². The van der Waals surface area contributed by atoms with Crippen LogP contribution in [0.15, 0.2) is 71.8 Å². The zero-order valence-electron chi connectivity index (χ0n) is 15.6. The molecule has 1 amide bonds. The minimum absolute atomic E-state index is 0.317. The van der Waals surface area contributed by atoms with Crippen molar-refractivity contribution in [1.82, 2.24) is 5.43 Å². The van der Waals surface area contributed by atoms with Crippen LogP contribution < -0.4 is 14.9 Å². The van der Waals surface area contributed by atoms with E-state index in [4.69, 9.17) is 21.1 Å². The van der Waals surface area contributed by atoms with Crippen LogP contribution in [0.4, 0.5) is 0 Å². The highest BCUT2D eigenvalue weighted by Crippen LogP contribution is 2.28. The Labute approximate surface area is 187 Å². The quantitative estimate of drug-likeness (QED) is 0.261. The normalized spacial score (nSPS) is 10.7. The second kappa shape index (κ2) is 10.3. The van der Waals surface area contributed by atoms with Gasteiger partial charge in [0, 0.05) is 14.2 Å². The molecular formula is C22H18ClIN2O3. The number of hydrogen-bond donors (Lipinski definition) is 1. The van der Waals surface area contributed by atoms with E-state index in [0.717, 1.165) is 11.1 Å². The summed E-state index contributed by atoms with van der Waals surface area (Å²) in [5.74, 6) is 0.902. The second-order valence-electron chi connectivity index (χ2n) is 6.03. The van der Waals surface area contributed by atoms with E-state index in [1.807, 2.05) is 36.4 Å². The molecule has 0 unspecified atom stereocenters. The minimum atomic E-state index is -0.317. The predicted molar refractivity (Wildman–Crippen MR) is 123 cm³/mol. The van der Waals surface area contributed by atoms with Crippen molar-refractivity contribution in [2.45, 2.75) is 6.61 Å². The number of carbonyl (C=O) groups is 1. The summed E-state index contributed by atoms with van der Waals surface area (Å²) in [6, 6.07) is 20.1. The molecule has 0 fully saturated rings. The van der Waals surface area contributed by atoms with Crippen LogP contribution in [0, 0.1) is 3.57 Å². The van der Waals surface area contributed by atoms with Gasteiger partial charge >= 0.3 is 0 Å². The summed E-state index contributed by atoms with van der Waals surface area (Å²) in [6.07, 6.45) is 1.54. The van der Waals surface area contributed by atoms with Crippen LogP contribution in [0.1, 0.15) is 21.5 Å². The average Bonchev–Trinajstić information content (AvgIpc) is 2.74. The molecule has 0 aliphatic carbocycles.